The van der Waals surface area contributed by atoms with E-state index in [0.717, 1.165) is 15.4 Å². The molecule has 1 N–H and O–H groups in total. The van der Waals surface area contributed by atoms with Gasteiger partial charge in [-0.05, 0) is 37.6 Å². The van der Waals surface area contributed by atoms with E-state index >= 15 is 0 Å². The Morgan fingerprint density at radius 2 is 1.77 bits per heavy atom. The van der Waals surface area contributed by atoms with Crippen LogP contribution in [0.2, 0.25) is 0 Å². The summed E-state index contributed by atoms with van der Waals surface area (Å²) in [7, 11) is -0.592. The Balaban J connectivity index is 1.62. The number of fused-ring (bicyclic) bond motifs is 1. The SMILES string of the molecule is CCN(Cc1ccccc1)C(=O)CNC(=O)CCc1nc2cc(S(=O)(=O)N(C)C)ccc2n1CC. The lowest BCUT2D eigenvalue weighted by Crippen LogP contribution is -2.39. The summed E-state index contributed by atoms with van der Waals surface area (Å²) in [5.74, 6) is 0.322. The summed E-state index contributed by atoms with van der Waals surface area (Å²) in [5, 5.41) is 2.71. The number of imidazole rings is 1. The second kappa shape index (κ2) is 11.5. The molecule has 0 aliphatic rings. The fourth-order valence-corrected chi connectivity index (χ4v) is 4.78. The van der Waals surface area contributed by atoms with Gasteiger partial charge in [0.1, 0.15) is 5.82 Å². The number of carbonyl (C=O) groups is 2. The van der Waals surface area contributed by atoms with E-state index in [2.05, 4.69) is 10.3 Å². The fourth-order valence-electron chi connectivity index (χ4n) is 3.85. The maximum absolute atomic E-state index is 12.6. The zero-order valence-electron chi connectivity index (χ0n) is 20.7. The zero-order chi connectivity index (χ0) is 25.6. The van der Waals surface area contributed by atoms with Crippen molar-refractivity contribution >= 4 is 32.9 Å². The summed E-state index contributed by atoms with van der Waals surface area (Å²) in [4.78, 5) is 31.5. The van der Waals surface area contributed by atoms with E-state index < -0.39 is 10.0 Å². The third kappa shape index (κ3) is 6.26. The minimum atomic E-state index is -3.57. The Morgan fingerprint density at radius 1 is 1.06 bits per heavy atom. The topological polar surface area (TPSA) is 105 Å². The van der Waals surface area contributed by atoms with Crippen LogP contribution in [0.15, 0.2) is 53.4 Å². The van der Waals surface area contributed by atoms with E-state index in [9.17, 15) is 18.0 Å². The quantitative estimate of drug-likeness (QED) is 0.436. The molecule has 0 bridgehead atoms. The minimum Gasteiger partial charge on any atom is -0.347 e. The highest BCUT2D eigenvalue weighted by Crippen LogP contribution is 2.22. The number of hydrogen-bond acceptors (Lipinski definition) is 5. The summed E-state index contributed by atoms with van der Waals surface area (Å²) in [6, 6.07) is 14.6. The Kier molecular flexibility index (Phi) is 8.63. The molecule has 0 fully saturated rings. The highest BCUT2D eigenvalue weighted by molar-refractivity contribution is 7.89. The first-order chi connectivity index (χ1) is 16.7. The highest BCUT2D eigenvalue weighted by atomic mass is 32.2. The number of amides is 2. The van der Waals surface area contributed by atoms with Gasteiger partial charge in [-0.1, -0.05) is 30.3 Å². The molecule has 1 heterocycles. The van der Waals surface area contributed by atoms with Crippen LogP contribution in [-0.4, -0.2) is 66.2 Å². The highest BCUT2D eigenvalue weighted by Gasteiger charge is 2.20. The van der Waals surface area contributed by atoms with Gasteiger partial charge < -0.3 is 14.8 Å². The van der Waals surface area contributed by atoms with Crippen LogP contribution in [0.4, 0.5) is 0 Å². The third-order valence-electron chi connectivity index (χ3n) is 5.86. The molecule has 1 aromatic heterocycles. The minimum absolute atomic E-state index is 0.0601. The molecule has 2 amide bonds. The summed E-state index contributed by atoms with van der Waals surface area (Å²) >= 11 is 0. The summed E-state index contributed by atoms with van der Waals surface area (Å²) in [6.07, 6.45) is 0.546. The molecule has 9 nitrogen and oxygen atoms in total. The van der Waals surface area contributed by atoms with E-state index in [-0.39, 0.29) is 29.7 Å². The van der Waals surface area contributed by atoms with Crippen molar-refractivity contribution in [3.05, 3.63) is 59.9 Å². The van der Waals surface area contributed by atoms with Crippen molar-refractivity contribution in [2.24, 2.45) is 0 Å². The van der Waals surface area contributed by atoms with Crippen molar-refractivity contribution in [3.63, 3.8) is 0 Å². The normalized spacial score (nSPS) is 11.7. The first-order valence-electron chi connectivity index (χ1n) is 11.7. The smallest absolute Gasteiger partial charge is 0.242 e. The molecule has 10 heteroatoms. The number of nitrogens with zero attached hydrogens (tertiary/aromatic N) is 4. The first kappa shape index (κ1) is 26.4. The number of rotatable bonds is 11. The lowest BCUT2D eigenvalue weighted by atomic mass is 10.2. The Hall–Kier alpha value is -3.24. The molecule has 35 heavy (non-hydrogen) atoms. The second-order valence-electron chi connectivity index (χ2n) is 8.38. The molecule has 0 aliphatic heterocycles. The average Bonchev–Trinajstić information content (AvgIpc) is 3.21. The maximum Gasteiger partial charge on any atom is 0.242 e. The van der Waals surface area contributed by atoms with Crippen LogP contribution in [0.5, 0.6) is 0 Å². The van der Waals surface area contributed by atoms with Crippen molar-refractivity contribution in [1.82, 2.24) is 24.1 Å². The average molecular weight is 500 g/mol. The maximum atomic E-state index is 12.6. The van der Waals surface area contributed by atoms with E-state index in [1.54, 1.807) is 23.1 Å². The predicted molar refractivity (Wildman–Crippen MR) is 135 cm³/mol. The Labute approximate surface area is 206 Å². The molecule has 3 rings (SSSR count). The van der Waals surface area contributed by atoms with Gasteiger partial charge in [-0.25, -0.2) is 17.7 Å². The van der Waals surface area contributed by atoms with Gasteiger partial charge in [0.15, 0.2) is 0 Å². The molecule has 188 valence electrons. The number of carbonyl (C=O) groups excluding carboxylic acids is 2. The van der Waals surface area contributed by atoms with Gasteiger partial charge >= 0.3 is 0 Å². The number of hydrogen-bond donors (Lipinski definition) is 1. The summed E-state index contributed by atoms with van der Waals surface area (Å²) < 4.78 is 28.1. The van der Waals surface area contributed by atoms with E-state index in [0.29, 0.717) is 37.4 Å². The fraction of sp³-hybridized carbons (Fsp3) is 0.400. The molecule has 3 aromatic rings. The van der Waals surface area contributed by atoms with Crippen LogP contribution in [0.1, 0.15) is 31.7 Å². The van der Waals surface area contributed by atoms with Gasteiger partial charge in [0.25, 0.3) is 0 Å². The standard InChI is InChI=1S/C25H33N5O4S/c1-5-29(18-19-10-8-7-9-11-19)25(32)17-26-24(31)15-14-23-27-21-16-20(35(33,34)28(3)4)12-13-22(21)30(23)6-2/h7-13,16H,5-6,14-15,17-18H2,1-4H3,(H,26,31). The number of aromatic nitrogens is 2. The predicted octanol–water partition coefficient (Wildman–Crippen LogP) is 2.40. The Bertz CT molecular complexity index is 1290. The second-order valence-corrected chi connectivity index (χ2v) is 10.5. The molecule has 0 saturated heterocycles. The van der Waals surface area contributed by atoms with Crippen LogP contribution in [0.25, 0.3) is 11.0 Å². The van der Waals surface area contributed by atoms with Gasteiger partial charge in [-0.2, -0.15) is 0 Å². The van der Waals surface area contributed by atoms with Crippen LogP contribution < -0.4 is 5.32 Å². The van der Waals surface area contributed by atoms with Gasteiger partial charge in [0, 0.05) is 46.6 Å². The summed E-state index contributed by atoms with van der Waals surface area (Å²) in [6.45, 7) is 5.51. The van der Waals surface area contributed by atoms with Crippen LogP contribution in [-0.2, 0) is 39.1 Å². The van der Waals surface area contributed by atoms with Crippen molar-refractivity contribution in [2.75, 3.05) is 27.2 Å². The summed E-state index contributed by atoms with van der Waals surface area (Å²) in [5.41, 5.74) is 2.42. The van der Waals surface area contributed by atoms with Gasteiger partial charge in [0.2, 0.25) is 21.8 Å². The lowest BCUT2D eigenvalue weighted by Gasteiger charge is -2.21. The van der Waals surface area contributed by atoms with E-state index in [1.165, 1.54) is 14.1 Å². The molecular formula is C25H33N5O4S. The van der Waals surface area contributed by atoms with Gasteiger partial charge in [-0.15, -0.1) is 0 Å². The van der Waals surface area contributed by atoms with Crippen molar-refractivity contribution < 1.29 is 18.0 Å². The molecule has 0 atom stereocenters. The number of nitrogens with one attached hydrogen (secondary N) is 1. The molecule has 0 unspecified atom stereocenters. The molecule has 0 saturated carbocycles. The first-order valence-corrected chi connectivity index (χ1v) is 13.1. The largest absolute Gasteiger partial charge is 0.347 e. The number of likely N-dealkylation sites (N-methyl/N-ethyl adjacent to an activating group) is 1. The van der Waals surface area contributed by atoms with E-state index in [1.807, 2.05) is 48.7 Å². The molecule has 0 spiro atoms. The monoisotopic (exact) mass is 499 g/mol. The number of benzene rings is 2. The van der Waals surface area contributed by atoms with Crippen molar-refractivity contribution in [2.45, 2.75) is 44.7 Å². The zero-order valence-corrected chi connectivity index (χ0v) is 21.5. The molecular weight excluding hydrogens is 466 g/mol. The van der Waals surface area contributed by atoms with Crippen LogP contribution in [0.3, 0.4) is 0 Å². The number of sulfonamides is 1. The lowest BCUT2D eigenvalue weighted by molar-refractivity contribution is -0.133. The van der Waals surface area contributed by atoms with E-state index in [4.69, 9.17) is 0 Å². The van der Waals surface area contributed by atoms with Crippen molar-refractivity contribution in [1.29, 1.82) is 0 Å². The van der Waals surface area contributed by atoms with Gasteiger partial charge in [0.05, 0.1) is 22.5 Å². The van der Waals surface area contributed by atoms with Crippen molar-refractivity contribution in [3.8, 4) is 0 Å². The molecule has 0 aliphatic carbocycles. The molecule has 2 aromatic carbocycles. The third-order valence-corrected chi connectivity index (χ3v) is 7.67. The Morgan fingerprint density at radius 3 is 2.40 bits per heavy atom. The molecule has 0 radical (unpaired) electrons. The van der Waals surface area contributed by atoms with Gasteiger partial charge in [-0.3, -0.25) is 9.59 Å². The van der Waals surface area contributed by atoms with Crippen LogP contribution >= 0.6 is 0 Å². The number of aryl methyl sites for hydroxylation is 2. The van der Waals surface area contributed by atoms with Crippen LogP contribution in [0, 0.1) is 0 Å².